The maximum atomic E-state index is 12.3. The number of benzene rings is 1. The standard InChI is InChI=1S/C20H18N4OS/c1-4-9-24-13(2)10-17(14(24)3)18-12-26-20(22-18)23-19(25)16-7-5-15(11-21)6-8-16/h4-8,10,12H,1,9H2,2-3H3,(H,22,23,25). The molecule has 0 aliphatic carbocycles. The van der Waals surface area contributed by atoms with E-state index in [-0.39, 0.29) is 5.91 Å². The van der Waals surface area contributed by atoms with E-state index >= 15 is 0 Å². The fraction of sp³-hybridized carbons (Fsp3) is 0.150. The topological polar surface area (TPSA) is 70.7 Å². The highest BCUT2D eigenvalue weighted by Gasteiger charge is 2.14. The third-order valence-electron chi connectivity index (χ3n) is 4.16. The Hall–Kier alpha value is -3.17. The van der Waals surface area contributed by atoms with Gasteiger partial charge in [-0.25, -0.2) is 4.98 Å². The minimum Gasteiger partial charge on any atom is -0.345 e. The van der Waals surface area contributed by atoms with Crippen molar-refractivity contribution in [2.75, 3.05) is 5.32 Å². The molecule has 1 amide bonds. The van der Waals surface area contributed by atoms with Crippen LogP contribution in [-0.4, -0.2) is 15.5 Å². The molecule has 0 saturated heterocycles. The van der Waals surface area contributed by atoms with Crippen LogP contribution in [0.1, 0.15) is 27.3 Å². The number of hydrogen-bond acceptors (Lipinski definition) is 4. The fourth-order valence-electron chi connectivity index (χ4n) is 2.79. The van der Waals surface area contributed by atoms with Crippen molar-refractivity contribution in [3.63, 3.8) is 0 Å². The number of anilines is 1. The van der Waals surface area contributed by atoms with Gasteiger partial charge in [-0.1, -0.05) is 6.08 Å². The van der Waals surface area contributed by atoms with Crippen molar-refractivity contribution in [3.05, 3.63) is 70.9 Å². The van der Waals surface area contributed by atoms with Crippen LogP contribution in [0.2, 0.25) is 0 Å². The van der Waals surface area contributed by atoms with Gasteiger partial charge in [0.2, 0.25) is 0 Å². The summed E-state index contributed by atoms with van der Waals surface area (Å²) in [6.45, 7) is 8.66. The van der Waals surface area contributed by atoms with Crippen LogP contribution in [0.15, 0.2) is 48.4 Å². The first-order valence-corrected chi connectivity index (χ1v) is 8.96. The van der Waals surface area contributed by atoms with Crippen molar-refractivity contribution in [3.8, 4) is 17.3 Å². The number of allylic oxidation sites excluding steroid dienone is 1. The molecule has 3 aromatic rings. The lowest BCUT2D eigenvalue weighted by atomic mass is 10.1. The average molecular weight is 362 g/mol. The second-order valence-corrected chi connectivity index (χ2v) is 6.72. The van der Waals surface area contributed by atoms with Crippen LogP contribution >= 0.6 is 11.3 Å². The number of carbonyl (C=O) groups is 1. The molecule has 0 aliphatic rings. The summed E-state index contributed by atoms with van der Waals surface area (Å²) in [4.78, 5) is 16.9. The second-order valence-electron chi connectivity index (χ2n) is 5.87. The Morgan fingerprint density at radius 3 is 2.77 bits per heavy atom. The number of nitrogens with zero attached hydrogens (tertiary/aromatic N) is 3. The molecule has 0 atom stereocenters. The molecule has 0 spiro atoms. The number of aryl methyl sites for hydroxylation is 1. The highest BCUT2D eigenvalue weighted by Crippen LogP contribution is 2.30. The fourth-order valence-corrected chi connectivity index (χ4v) is 3.50. The Bertz CT molecular complexity index is 1010. The number of nitrogens with one attached hydrogen (secondary N) is 1. The Balaban J connectivity index is 1.80. The van der Waals surface area contributed by atoms with Gasteiger partial charge in [0.05, 0.1) is 17.3 Å². The van der Waals surface area contributed by atoms with Crippen LogP contribution < -0.4 is 5.32 Å². The number of aromatic nitrogens is 2. The molecular weight excluding hydrogens is 344 g/mol. The first-order valence-electron chi connectivity index (χ1n) is 8.08. The van der Waals surface area contributed by atoms with Crippen LogP contribution in [0.3, 0.4) is 0 Å². The zero-order chi connectivity index (χ0) is 18.7. The number of nitriles is 1. The summed E-state index contributed by atoms with van der Waals surface area (Å²) in [7, 11) is 0. The van der Waals surface area contributed by atoms with E-state index in [1.807, 2.05) is 17.5 Å². The minimum atomic E-state index is -0.243. The van der Waals surface area contributed by atoms with Crippen LogP contribution in [0.4, 0.5) is 5.13 Å². The van der Waals surface area contributed by atoms with E-state index in [0.717, 1.165) is 29.2 Å². The van der Waals surface area contributed by atoms with Crippen molar-refractivity contribution in [1.29, 1.82) is 5.26 Å². The van der Waals surface area contributed by atoms with Gasteiger partial charge in [-0.2, -0.15) is 5.26 Å². The molecule has 0 fully saturated rings. The normalized spacial score (nSPS) is 10.3. The zero-order valence-electron chi connectivity index (χ0n) is 14.6. The molecule has 0 aliphatic heterocycles. The third kappa shape index (κ3) is 3.44. The van der Waals surface area contributed by atoms with Crippen molar-refractivity contribution < 1.29 is 4.79 Å². The lowest BCUT2D eigenvalue weighted by Crippen LogP contribution is -2.11. The average Bonchev–Trinajstić information content (AvgIpc) is 3.21. The Morgan fingerprint density at radius 2 is 2.12 bits per heavy atom. The number of hydrogen-bond donors (Lipinski definition) is 1. The summed E-state index contributed by atoms with van der Waals surface area (Å²) in [6, 6.07) is 10.6. The molecular formula is C20H18N4OS. The molecule has 0 saturated carbocycles. The summed E-state index contributed by atoms with van der Waals surface area (Å²) < 4.78 is 2.18. The Kier molecular flexibility index (Phi) is 5.01. The minimum absolute atomic E-state index is 0.243. The van der Waals surface area contributed by atoms with Gasteiger partial charge in [0.15, 0.2) is 5.13 Å². The second kappa shape index (κ2) is 7.38. The number of carbonyl (C=O) groups excluding carboxylic acids is 1. The molecule has 3 rings (SSSR count). The van der Waals surface area contributed by atoms with E-state index in [0.29, 0.717) is 16.3 Å². The molecule has 0 unspecified atom stereocenters. The summed E-state index contributed by atoms with van der Waals surface area (Å²) >= 11 is 1.39. The highest BCUT2D eigenvalue weighted by atomic mass is 32.1. The first-order chi connectivity index (χ1) is 12.5. The molecule has 0 radical (unpaired) electrons. The Labute approximate surface area is 156 Å². The summed E-state index contributed by atoms with van der Waals surface area (Å²) in [5.74, 6) is -0.243. The summed E-state index contributed by atoms with van der Waals surface area (Å²) in [5.41, 5.74) is 5.18. The molecule has 130 valence electrons. The Morgan fingerprint density at radius 1 is 1.38 bits per heavy atom. The molecule has 6 heteroatoms. The monoisotopic (exact) mass is 362 g/mol. The van der Waals surface area contributed by atoms with Crippen molar-refractivity contribution in [1.82, 2.24) is 9.55 Å². The summed E-state index contributed by atoms with van der Waals surface area (Å²) in [5, 5.41) is 14.1. The molecule has 1 aromatic carbocycles. The molecule has 2 heterocycles. The van der Waals surface area contributed by atoms with E-state index in [1.54, 1.807) is 24.3 Å². The molecule has 5 nitrogen and oxygen atoms in total. The van der Waals surface area contributed by atoms with Gasteiger partial charge in [-0.05, 0) is 44.2 Å². The van der Waals surface area contributed by atoms with Gasteiger partial charge in [0.1, 0.15) is 0 Å². The van der Waals surface area contributed by atoms with Crippen LogP contribution in [0.5, 0.6) is 0 Å². The first kappa shape index (κ1) is 17.6. The quantitative estimate of drug-likeness (QED) is 0.678. The van der Waals surface area contributed by atoms with E-state index in [2.05, 4.69) is 41.4 Å². The largest absolute Gasteiger partial charge is 0.345 e. The van der Waals surface area contributed by atoms with Crippen LogP contribution in [-0.2, 0) is 6.54 Å². The SMILES string of the molecule is C=CCn1c(C)cc(-c2csc(NC(=O)c3ccc(C#N)cc3)n2)c1C. The van der Waals surface area contributed by atoms with Gasteiger partial charge in [-0.15, -0.1) is 17.9 Å². The van der Waals surface area contributed by atoms with E-state index in [9.17, 15) is 4.79 Å². The maximum absolute atomic E-state index is 12.3. The smallest absolute Gasteiger partial charge is 0.257 e. The molecule has 26 heavy (non-hydrogen) atoms. The number of rotatable bonds is 5. The predicted molar refractivity (Wildman–Crippen MR) is 104 cm³/mol. The van der Waals surface area contributed by atoms with Crippen LogP contribution in [0, 0.1) is 25.2 Å². The van der Waals surface area contributed by atoms with E-state index in [1.165, 1.54) is 11.3 Å². The van der Waals surface area contributed by atoms with Crippen LogP contribution in [0.25, 0.3) is 11.3 Å². The zero-order valence-corrected chi connectivity index (χ0v) is 15.4. The molecule has 1 N–H and O–H groups in total. The van der Waals surface area contributed by atoms with Crippen molar-refractivity contribution >= 4 is 22.4 Å². The highest BCUT2D eigenvalue weighted by molar-refractivity contribution is 7.14. The lowest BCUT2D eigenvalue weighted by molar-refractivity contribution is 0.102. The molecule has 0 bridgehead atoms. The van der Waals surface area contributed by atoms with Gasteiger partial charge in [-0.3, -0.25) is 10.1 Å². The van der Waals surface area contributed by atoms with Gasteiger partial charge in [0, 0.05) is 34.4 Å². The number of thiazole rings is 1. The lowest BCUT2D eigenvalue weighted by Gasteiger charge is -2.05. The van der Waals surface area contributed by atoms with E-state index < -0.39 is 0 Å². The van der Waals surface area contributed by atoms with Crippen molar-refractivity contribution in [2.24, 2.45) is 0 Å². The summed E-state index contributed by atoms with van der Waals surface area (Å²) in [6.07, 6.45) is 1.87. The molecule has 2 aromatic heterocycles. The van der Waals surface area contributed by atoms with E-state index in [4.69, 9.17) is 5.26 Å². The van der Waals surface area contributed by atoms with Crippen molar-refractivity contribution in [2.45, 2.75) is 20.4 Å². The maximum Gasteiger partial charge on any atom is 0.257 e. The predicted octanol–water partition coefficient (Wildman–Crippen LogP) is 4.54. The van der Waals surface area contributed by atoms with Gasteiger partial charge in [0.25, 0.3) is 5.91 Å². The van der Waals surface area contributed by atoms with Gasteiger partial charge >= 0.3 is 0 Å². The van der Waals surface area contributed by atoms with Gasteiger partial charge < -0.3 is 4.57 Å². The third-order valence-corrected chi connectivity index (χ3v) is 4.92. The number of amides is 1.